The van der Waals surface area contributed by atoms with Crippen molar-refractivity contribution in [1.29, 1.82) is 0 Å². The number of hydrogen-bond acceptors (Lipinski definition) is 3. The number of halogens is 1. The zero-order chi connectivity index (χ0) is 18.0. The molecule has 130 valence electrons. The number of carboxylic acid groups (broad SMARTS) is 1. The van der Waals surface area contributed by atoms with E-state index in [1.165, 1.54) is 24.3 Å². The van der Waals surface area contributed by atoms with Crippen LogP contribution in [0.4, 0.5) is 0 Å². The van der Waals surface area contributed by atoms with Crippen molar-refractivity contribution in [2.45, 2.75) is 11.3 Å². The number of aromatic nitrogens is 1. The first-order valence-electron chi connectivity index (χ1n) is 7.45. The van der Waals surface area contributed by atoms with Crippen molar-refractivity contribution in [1.82, 2.24) is 9.71 Å². The summed E-state index contributed by atoms with van der Waals surface area (Å²) in [5.41, 5.74) is 1.75. The predicted molar refractivity (Wildman–Crippen MR) is 95.6 cm³/mol. The SMILES string of the molecule is O=C(O)c1cc2cc(CCNS(=O)(=O)c3ccc(Cl)cc3)ccc2[nH]1. The first-order valence-corrected chi connectivity index (χ1v) is 9.31. The van der Waals surface area contributed by atoms with Gasteiger partial charge in [-0.3, -0.25) is 0 Å². The van der Waals surface area contributed by atoms with Crippen molar-refractivity contribution in [3.63, 3.8) is 0 Å². The number of carbonyl (C=O) groups is 1. The van der Waals surface area contributed by atoms with Gasteiger partial charge in [0.1, 0.15) is 5.69 Å². The Morgan fingerprint density at radius 3 is 2.52 bits per heavy atom. The van der Waals surface area contributed by atoms with Gasteiger partial charge in [0, 0.05) is 22.5 Å². The van der Waals surface area contributed by atoms with Crippen LogP contribution in [0.5, 0.6) is 0 Å². The molecule has 0 aliphatic carbocycles. The van der Waals surface area contributed by atoms with Crippen molar-refractivity contribution in [2.24, 2.45) is 0 Å². The Kier molecular flexibility index (Phi) is 4.80. The molecule has 3 N–H and O–H groups in total. The monoisotopic (exact) mass is 378 g/mol. The highest BCUT2D eigenvalue weighted by atomic mass is 35.5. The normalized spacial score (nSPS) is 11.7. The largest absolute Gasteiger partial charge is 0.477 e. The maximum atomic E-state index is 12.2. The maximum absolute atomic E-state index is 12.2. The van der Waals surface area contributed by atoms with Gasteiger partial charge in [0.2, 0.25) is 10.0 Å². The molecule has 0 aliphatic heterocycles. The Morgan fingerprint density at radius 1 is 1.12 bits per heavy atom. The standard InChI is InChI=1S/C17H15ClN2O4S/c18-13-2-4-14(5-3-13)25(23,24)19-8-7-11-1-6-15-12(9-11)10-16(20-15)17(21)22/h1-6,9-10,19-20H,7-8H2,(H,21,22). The molecule has 0 aliphatic rings. The fraction of sp³-hybridized carbons (Fsp3) is 0.118. The highest BCUT2D eigenvalue weighted by Crippen LogP contribution is 2.18. The van der Waals surface area contributed by atoms with Gasteiger partial charge >= 0.3 is 5.97 Å². The van der Waals surface area contributed by atoms with Crippen LogP contribution < -0.4 is 4.72 Å². The molecule has 0 saturated heterocycles. The van der Waals surface area contributed by atoms with E-state index in [9.17, 15) is 13.2 Å². The van der Waals surface area contributed by atoms with Gasteiger partial charge < -0.3 is 10.1 Å². The maximum Gasteiger partial charge on any atom is 0.352 e. The minimum absolute atomic E-state index is 0.121. The summed E-state index contributed by atoms with van der Waals surface area (Å²) in [4.78, 5) is 13.9. The number of benzene rings is 2. The van der Waals surface area contributed by atoms with Gasteiger partial charge in [-0.25, -0.2) is 17.9 Å². The fourth-order valence-electron chi connectivity index (χ4n) is 2.48. The van der Waals surface area contributed by atoms with E-state index in [1.54, 1.807) is 12.1 Å². The summed E-state index contributed by atoms with van der Waals surface area (Å²) in [5, 5.41) is 10.2. The molecular formula is C17H15ClN2O4S. The van der Waals surface area contributed by atoms with Crippen LogP contribution >= 0.6 is 11.6 Å². The topological polar surface area (TPSA) is 99.3 Å². The molecule has 25 heavy (non-hydrogen) atoms. The van der Waals surface area contributed by atoms with Crippen LogP contribution in [0.3, 0.4) is 0 Å². The predicted octanol–water partition coefficient (Wildman–Crippen LogP) is 3.04. The van der Waals surface area contributed by atoms with Crippen LogP contribution in [-0.2, 0) is 16.4 Å². The van der Waals surface area contributed by atoms with Crippen molar-refractivity contribution in [3.05, 3.63) is 64.8 Å². The molecule has 8 heteroatoms. The number of carboxylic acids is 1. The number of hydrogen-bond donors (Lipinski definition) is 3. The molecule has 6 nitrogen and oxygen atoms in total. The highest BCUT2D eigenvalue weighted by molar-refractivity contribution is 7.89. The molecule has 3 aromatic rings. The number of nitrogens with one attached hydrogen (secondary N) is 2. The van der Waals surface area contributed by atoms with E-state index in [0.717, 1.165) is 16.5 Å². The van der Waals surface area contributed by atoms with E-state index < -0.39 is 16.0 Å². The summed E-state index contributed by atoms with van der Waals surface area (Å²) in [6.07, 6.45) is 0.482. The first-order chi connectivity index (χ1) is 11.8. The molecule has 0 spiro atoms. The molecule has 0 fully saturated rings. The Balaban J connectivity index is 1.68. The van der Waals surface area contributed by atoms with E-state index in [1.807, 2.05) is 12.1 Å². The van der Waals surface area contributed by atoms with Gasteiger partial charge in [0.25, 0.3) is 0 Å². The van der Waals surface area contributed by atoms with Gasteiger partial charge in [-0.1, -0.05) is 17.7 Å². The molecule has 0 atom stereocenters. The lowest BCUT2D eigenvalue weighted by Crippen LogP contribution is -2.25. The van der Waals surface area contributed by atoms with Gasteiger partial charge in [0.15, 0.2) is 0 Å². The van der Waals surface area contributed by atoms with Crippen LogP contribution in [0.2, 0.25) is 5.02 Å². The second-order valence-electron chi connectivity index (χ2n) is 5.51. The van der Waals surface area contributed by atoms with Crippen LogP contribution in [0.25, 0.3) is 10.9 Å². The molecule has 0 saturated carbocycles. The van der Waals surface area contributed by atoms with E-state index in [4.69, 9.17) is 16.7 Å². The number of aromatic carboxylic acids is 1. The Hall–Kier alpha value is -2.35. The Morgan fingerprint density at radius 2 is 1.84 bits per heavy atom. The minimum Gasteiger partial charge on any atom is -0.477 e. The molecular weight excluding hydrogens is 364 g/mol. The molecule has 0 bridgehead atoms. The molecule has 0 amide bonds. The van der Waals surface area contributed by atoms with Crippen LogP contribution in [0.1, 0.15) is 16.1 Å². The number of aromatic amines is 1. The van der Waals surface area contributed by atoms with Crippen molar-refractivity contribution < 1.29 is 18.3 Å². The lowest BCUT2D eigenvalue weighted by Gasteiger charge is -2.07. The smallest absolute Gasteiger partial charge is 0.352 e. The summed E-state index contributed by atoms with van der Waals surface area (Å²) in [6.45, 7) is 0.229. The van der Waals surface area contributed by atoms with Gasteiger partial charge in [-0.05, 0) is 54.4 Å². The van der Waals surface area contributed by atoms with Crippen LogP contribution in [0.15, 0.2) is 53.4 Å². The second kappa shape index (κ2) is 6.87. The summed E-state index contributed by atoms with van der Waals surface area (Å²) < 4.78 is 26.9. The highest BCUT2D eigenvalue weighted by Gasteiger charge is 2.13. The summed E-state index contributed by atoms with van der Waals surface area (Å²) >= 11 is 5.76. The molecule has 3 rings (SSSR count). The average Bonchev–Trinajstić information content (AvgIpc) is 2.99. The van der Waals surface area contributed by atoms with Gasteiger partial charge in [-0.15, -0.1) is 0 Å². The van der Waals surface area contributed by atoms with Crippen LogP contribution in [-0.4, -0.2) is 31.0 Å². The average molecular weight is 379 g/mol. The number of sulfonamides is 1. The quantitative estimate of drug-likeness (QED) is 0.613. The molecule has 1 heterocycles. The fourth-order valence-corrected chi connectivity index (χ4v) is 3.64. The van der Waals surface area contributed by atoms with E-state index in [-0.39, 0.29) is 17.1 Å². The molecule has 1 aromatic heterocycles. The summed E-state index contributed by atoms with van der Waals surface area (Å²) in [5.74, 6) is -1.02. The van der Waals surface area contributed by atoms with E-state index in [2.05, 4.69) is 9.71 Å². The number of rotatable bonds is 6. The summed E-state index contributed by atoms with van der Waals surface area (Å²) in [6, 6.07) is 13.0. The number of fused-ring (bicyclic) bond motifs is 1. The zero-order valence-corrected chi connectivity index (χ0v) is 14.6. The zero-order valence-electron chi connectivity index (χ0n) is 13.0. The lowest BCUT2D eigenvalue weighted by molar-refractivity contribution is 0.0691. The lowest BCUT2D eigenvalue weighted by atomic mass is 10.1. The minimum atomic E-state index is -3.59. The Bertz CT molecular complexity index is 1030. The molecule has 2 aromatic carbocycles. The van der Waals surface area contributed by atoms with Crippen LogP contribution in [0, 0.1) is 0 Å². The van der Waals surface area contributed by atoms with E-state index >= 15 is 0 Å². The Labute approximate surface area is 149 Å². The van der Waals surface area contributed by atoms with Gasteiger partial charge in [0.05, 0.1) is 4.90 Å². The molecule has 0 unspecified atom stereocenters. The van der Waals surface area contributed by atoms with Gasteiger partial charge in [-0.2, -0.15) is 0 Å². The molecule has 0 radical (unpaired) electrons. The number of H-pyrrole nitrogens is 1. The van der Waals surface area contributed by atoms with E-state index in [0.29, 0.717) is 11.4 Å². The third kappa shape index (κ3) is 4.01. The van der Waals surface area contributed by atoms with Crippen molar-refractivity contribution >= 4 is 38.5 Å². The third-order valence-electron chi connectivity index (χ3n) is 3.75. The second-order valence-corrected chi connectivity index (χ2v) is 7.71. The summed E-state index contributed by atoms with van der Waals surface area (Å²) in [7, 11) is -3.59. The van der Waals surface area contributed by atoms with Crippen molar-refractivity contribution in [2.75, 3.05) is 6.54 Å². The van der Waals surface area contributed by atoms with Crippen molar-refractivity contribution in [3.8, 4) is 0 Å². The first kappa shape index (κ1) is 17.5. The third-order valence-corrected chi connectivity index (χ3v) is 5.47.